The third kappa shape index (κ3) is 3.78. The van der Waals surface area contributed by atoms with Gasteiger partial charge in [0.25, 0.3) is 0 Å². The van der Waals surface area contributed by atoms with Crippen molar-refractivity contribution in [2.75, 3.05) is 6.54 Å². The van der Waals surface area contributed by atoms with E-state index in [9.17, 15) is 8.78 Å². The summed E-state index contributed by atoms with van der Waals surface area (Å²) in [6.07, 6.45) is 5.68. The van der Waals surface area contributed by atoms with E-state index < -0.39 is 11.6 Å². The lowest BCUT2D eigenvalue weighted by Gasteiger charge is -2.34. The summed E-state index contributed by atoms with van der Waals surface area (Å²) in [6, 6.07) is 3.99. The Hall–Kier alpha value is -0.960. The van der Waals surface area contributed by atoms with Crippen molar-refractivity contribution in [2.24, 2.45) is 11.8 Å². The van der Waals surface area contributed by atoms with Crippen LogP contribution in [0.3, 0.4) is 0 Å². The molecule has 1 saturated carbocycles. The molecule has 1 atom stereocenters. The van der Waals surface area contributed by atoms with Crippen LogP contribution in [0.15, 0.2) is 18.2 Å². The number of nitrogens with one attached hydrogen (secondary N) is 1. The van der Waals surface area contributed by atoms with Crippen LogP contribution < -0.4 is 5.32 Å². The highest BCUT2D eigenvalue weighted by atomic mass is 19.1. The summed E-state index contributed by atoms with van der Waals surface area (Å²) in [5, 5.41) is 3.47. The maximum atomic E-state index is 14.1. The summed E-state index contributed by atoms with van der Waals surface area (Å²) in [5.41, 5.74) is 0.624. The zero-order valence-corrected chi connectivity index (χ0v) is 12.5. The standard InChI is InChI=1S/C17H25F2N/c1-3-10-20-17(13-6-4-12(2)5-7-13)15-9-8-14(18)11-16(15)19/h8-9,11-13,17,20H,3-7,10H2,1-2H3. The Morgan fingerprint density at radius 2 is 1.90 bits per heavy atom. The Labute approximate surface area is 120 Å². The van der Waals surface area contributed by atoms with Gasteiger partial charge in [0.2, 0.25) is 0 Å². The lowest BCUT2D eigenvalue weighted by atomic mass is 9.77. The summed E-state index contributed by atoms with van der Waals surface area (Å²) in [4.78, 5) is 0. The van der Waals surface area contributed by atoms with Crippen LogP contribution in [0.25, 0.3) is 0 Å². The van der Waals surface area contributed by atoms with Crippen LogP contribution in [0, 0.1) is 23.5 Å². The minimum atomic E-state index is -0.502. The molecule has 2 rings (SSSR count). The first kappa shape index (κ1) is 15.4. The molecule has 3 heteroatoms. The summed E-state index contributed by atoms with van der Waals surface area (Å²) in [6.45, 7) is 5.25. The number of rotatable bonds is 5. The molecule has 0 aromatic heterocycles. The van der Waals surface area contributed by atoms with Crippen molar-refractivity contribution in [3.8, 4) is 0 Å². The summed E-state index contributed by atoms with van der Waals surface area (Å²) in [5.74, 6) is 0.309. The van der Waals surface area contributed by atoms with Crippen molar-refractivity contribution in [3.63, 3.8) is 0 Å². The van der Waals surface area contributed by atoms with Gasteiger partial charge in [-0.15, -0.1) is 0 Å². The molecule has 1 aromatic carbocycles. The Morgan fingerprint density at radius 3 is 2.50 bits per heavy atom. The second-order valence-corrected chi connectivity index (χ2v) is 6.12. The minimum absolute atomic E-state index is 0.0167. The highest BCUT2D eigenvalue weighted by Crippen LogP contribution is 2.37. The highest BCUT2D eigenvalue weighted by molar-refractivity contribution is 5.23. The average Bonchev–Trinajstić information content (AvgIpc) is 2.42. The molecule has 20 heavy (non-hydrogen) atoms. The first-order valence-corrected chi connectivity index (χ1v) is 7.80. The molecule has 1 fully saturated rings. The average molecular weight is 281 g/mol. The van der Waals surface area contributed by atoms with Crippen molar-refractivity contribution < 1.29 is 8.78 Å². The summed E-state index contributed by atoms with van der Waals surface area (Å²) < 4.78 is 27.2. The predicted molar refractivity (Wildman–Crippen MR) is 78.5 cm³/mol. The molecule has 0 amide bonds. The van der Waals surface area contributed by atoms with Gasteiger partial charge in [0, 0.05) is 17.7 Å². The van der Waals surface area contributed by atoms with Crippen molar-refractivity contribution >= 4 is 0 Å². The molecular formula is C17H25F2N. The van der Waals surface area contributed by atoms with Gasteiger partial charge < -0.3 is 5.32 Å². The molecule has 0 radical (unpaired) electrons. The van der Waals surface area contributed by atoms with E-state index in [2.05, 4.69) is 19.2 Å². The van der Waals surface area contributed by atoms with Crippen LogP contribution >= 0.6 is 0 Å². The van der Waals surface area contributed by atoms with E-state index in [1.807, 2.05) is 0 Å². The van der Waals surface area contributed by atoms with Crippen molar-refractivity contribution in [3.05, 3.63) is 35.4 Å². The van der Waals surface area contributed by atoms with E-state index in [0.29, 0.717) is 11.5 Å². The molecule has 1 aliphatic carbocycles. The highest BCUT2D eigenvalue weighted by Gasteiger charge is 2.28. The largest absolute Gasteiger partial charge is 0.310 e. The molecule has 112 valence electrons. The summed E-state index contributed by atoms with van der Waals surface area (Å²) in [7, 11) is 0. The first-order chi connectivity index (χ1) is 9.61. The number of hydrogen-bond donors (Lipinski definition) is 1. The number of hydrogen-bond acceptors (Lipinski definition) is 1. The molecule has 0 heterocycles. The molecule has 0 bridgehead atoms. The van der Waals surface area contributed by atoms with Crippen LogP contribution in [-0.2, 0) is 0 Å². The Balaban J connectivity index is 2.17. The van der Waals surface area contributed by atoms with Crippen LogP contribution in [0.2, 0.25) is 0 Å². The monoisotopic (exact) mass is 281 g/mol. The molecule has 1 aromatic rings. The molecular weight excluding hydrogens is 256 g/mol. The van der Waals surface area contributed by atoms with Crippen molar-refractivity contribution in [1.82, 2.24) is 5.32 Å². The van der Waals surface area contributed by atoms with Crippen molar-refractivity contribution in [2.45, 2.75) is 52.0 Å². The van der Waals surface area contributed by atoms with Gasteiger partial charge in [-0.1, -0.05) is 32.8 Å². The SMILES string of the molecule is CCCNC(c1ccc(F)cc1F)C1CCC(C)CC1. The van der Waals surface area contributed by atoms with E-state index in [4.69, 9.17) is 0 Å². The fraction of sp³-hybridized carbons (Fsp3) is 0.647. The van der Waals surface area contributed by atoms with E-state index in [1.54, 1.807) is 6.07 Å². The van der Waals surface area contributed by atoms with Gasteiger partial charge in [0.05, 0.1) is 0 Å². The van der Waals surface area contributed by atoms with Crippen LogP contribution in [0.5, 0.6) is 0 Å². The smallest absolute Gasteiger partial charge is 0.130 e. The molecule has 1 unspecified atom stereocenters. The fourth-order valence-corrected chi connectivity index (χ4v) is 3.20. The van der Waals surface area contributed by atoms with Crippen LogP contribution in [0.1, 0.15) is 57.6 Å². The van der Waals surface area contributed by atoms with Crippen LogP contribution in [0.4, 0.5) is 8.78 Å². The van der Waals surface area contributed by atoms with E-state index in [0.717, 1.165) is 37.8 Å². The Bertz CT molecular complexity index is 425. The Morgan fingerprint density at radius 1 is 1.20 bits per heavy atom. The zero-order chi connectivity index (χ0) is 14.5. The number of halogens is 2. The topological polar surface area (TPSA) is 12.0 Å². The minimum Gasteiger partial charge on any atom is -0.310 e. The zero-order valence-electron chi connectivity index (χ0n) is 12.5. The van der Waals surface area contributed by atoms with Gasteiger partial charge in [-0.3, -0.25) is 0 Å². The molecule has 0 spiro atoms. The maximum absolute atomic E-state index is 14.1. The normalized spacial score (nSPS) is 24.6. The fourth-order valence-electron chi connectivity index (χ4n) is 3.20. The second-order valence-electron chi connectivity index (χ2n) is 6.12. The molecule has 1 N–H and O–H groups in total. The predicted octanol–water partition coefficient (Wildman–Crippen LogP) is 4.83. The maximum Gasteiger partial charge on any atom is 0.130 e. The van der Waals surface area contributed by atoms with Gasteiger partial charge in [-0.25, -0.2) is 8.78 Å². The Kier molecular flexibility index (Phi) is 5.53. The molecule has 0 saturated heterocycles. The molecule has 0 aliphatic heterocycles. The van der Waals surface area contributed by atoms with Gasteiger partial charge in [0.15, 0.2) is 0 Å². The van der Waals surface area contributed by atoms with E-state index >= 15 is 0 Å². The van der Waals surface area contributed by atoms with Gasteiger partial charge >= 0.3 is 0 Å². The first-order valence-electron chi connectivity index (χ1n) is 7.80. The van der Waals surface area contributed by atoms with Gasteiger partial charge in [-0.2, -0.15) is 0 Å². The summed E-state index contributed by atoms with van der Waals surface area (Å²) >= 11 is 0. The quantitative estimate of drug-likeness (QED) is 0.815. The van der Waals surface area contributed by atoms with E-state index in [1.165, 1.54) is 18.9 Å². The third-order valence-electron chi connectivity index (χ3n) is 4.44. The lowest BCUT2D eigenvalue weighted by Crippen LogP contribution is -2.32. The van der Waals surface area contributed by atoms with Crippen molar-refractivity contribution in [1.29, 1.82) is 0 Å². The molecule has 1 aliphatic rings. The number of benzene rings is 1. The van der Waals surface area contributed by atoms with Gasteiger partial charge in [0.1, 0.15) is 11.6 Å². The second kappa shape index (κ2) is 7.16. The van der Waals surface area contributed by atoms with Gasteiger partial charge in [-0.05, 0) is 43.7 Å². The third-order valence-corrected chi connectivity index (χ3v) is 4.44. The molecule has 1 nitrogen and oxygen atoms in total. The lowest BCUT2D eigenvalue weighted by molar-refractivity contribution is 0.228. The van der Waals surface area contributed by atoms with E-state index in [-0.39, 0.29) is 6.04 Å². The van der Waals surface area contributed by atoms with Crippen LogP contribution in [-0.4, -0.2) is 6.54 Å².